The monoisotopic (exact) mass is 415 g/mol. The van der Waals surface area contributed by atoms with Crippen LogP contribution >= 0.6 is 0 Å². The van der Waals surface area contributed by atoms with Crippen LogP contribution in [0.1, 0.15) is 22.8 Å². The molecule has 0 bridgehead atoms. The molecule has 156 valence electrons. The predicted molar refractivity (Wildman–Crippen MR) is 118 cm³/mol. The summed E-state index contributed by atoms with van der Waals surface area (Å²) < 4.78 is 12.4. The van der Waals surface area contributed by atoms with Crippen molar-refractivity contribution in [1.82, 2.24) is 4.57 Å². The lowest BCUT2D eigenvalue weighted by Crippen LogP contribution is -2.28. The molecule has 0 spiro atoms. The Hall–Kier alpha value is -4.06. The lowest BCUT2D eigenvalue weighted by molar-refractivity contribution is 0.0520. The van der Waals surface area contributed by atoms with E-state index in [1.54, 1.807) is 25.1 Å². The molecule has 4 aromatic rings. The van der Waals surface area contributed by atoms with Crippen molar-refractivity contribution in [3.05, 3.63) is 100 Å². The van der Waals surface area contributed by atoms with E-state index in [-0.39, 0.29) is 18.7 Å². The summed E-state index contributed by atoms with van der Waals surface area (Å²) >= 11 is 0. The van der Waals surface area contributed by atoms with E-state index >= 15 is 0 Å². The summed E-state index contributed by atoms with van der Waals surface area (Å²) in [6, 6.07) is 23.7. The zero-order chi connectivity index (χ0) is 21.8. The van der Waals surface area contributed by atoms with Crippen LogP contribution in [0.2, 0.25) is 0 Å². The minimum atomic E-state index is -0.849. The minimum absolute atomic E-state index is 0.0955. The van der Waals surface area contributed by atoms with Crippen LogP contribution in [0.4, 0.5) is 0 Å². The van der Waals surface area contributed by atoms with Gasteiger partial charge in [0.05, 0.1) is 18.7 Å². The molecule has 3 aromatic carbocycles. The van der Waals surface area contributed by atoms with Crippen molar-refractivity contribution in [2.45, 2.75) is 13.5 Å². The SMILES string of the molecule is CCOC(=O)c1c(O)c2ccc(Oc3ccccc3)cc2n(Cc2ccccc2)c1=O. The molecule has 0 amide bonds. The summed E-state index contributed by atoms with van der Waals surface area (Å²) in [5.74, 6) is -0.0956. The number of esters is 1. The number of para-hydroxylation sites is 1. The molecular formula is C25H21NO5. The van der Waals surface area contributed by atoms with Gasteiger partial charge in [-0.05, 0) is 36.8 Å². The lowest BCUT2D eigenvalue weighted by Gasteiger charge is -2.16. The van der Waals surface area contributed by atoms with Crippen LogP contribution < -0.4 is 10.3 Å². The molecule has 0 aliphatic rings. The van der Waals surface area contributed by atoms with Crippen LogP contribution in [-0.2, 0) is 11.3 Å². The van der Waals surface area contributed by atoms with Crippen molar-refractivity contribution in [2.75, 3.05) is 6.61 Å². The van der Waals surface area contributed by atoms with Crippen molar-refractivity contribution in [3.63, 3.8) is 0 Å². The van der Waals surface area contributed by atoms with Crippen LogP contribution in [-0.4, -0.2) is 22.2 Å². The van der Waals surface area contributed by atoms with Gasteiger partial charge in [0.1, 0.15) is 17.2 Å². The number of hydrogen-bond donors (Lipinski definition) is 1. The third-order valence-electron chi connectivity index (χ3n) is 4.85. The third kappa shape index (κ3) is 4.14. The number of hydrogen-bond acceptors (Lipinski definition) is 5. The Balaban J connectivity index is 1.90. The Kier molecular flexibility index (Phi) is 5.71. The van der Waals surface area contributed by atoms with Crippen molar-refractivity contribution in [1.29, 1.82) is 0 Å². The topological polar surface area (TPSA) is 77.8 Å². The number of pyridine rings is 1. The molecule has 1 N–H and O–H groups in total. The summed E-state index contributed by atoms with van der Waals surface area (Å²) in [5, 5.41) is 11.1. The van der Waals surface area contributed by atoms with Gasteiger partial charge < -0.3 is 19.1 Å². The van der Waals surface area contributed by atoms with E-state index < -0.39 is 17.3 Å². The zero-order valence-corrected chi connectivity index (χ0v) is 16.9. The molecule has 0 fully saturated rings. The third-order valence-corrected chi connectivity index (χ3v) is 4.85. The van der Waals surface area contributed by atoms with Crippen LogP contribution in [0.15, 0.2) is 83.7 Å². The fourth-order valence-corrected chi connectivity index (χ4v) is 3.41. The lowest BCUT2D eigenvalue weighted by atomic mass is 10.1. The first-order valence-electron chi connectivity index (χ1n) is 9.92. The number of nitrogens with zero attached hydrogens (tertiary/aromatic N) is 1. The summed E-state index contributed by atoms with van der Waals surface area (Å²) in [6.07, 6.45) is 0. The zero-order valence-electron chi connectivity index (χ0n) is 16.9. The molecule has 1 heterocycles. The van der Waals surface area contributed by atoms with E-state index in [4.69, 9.17) is 9.47 Å². The number of fused-ring (bicyclic) bond motifs is 1. The van der Waals surface area contributed by atoms with Crippen LogP contribution in [0, 0.1) is 0 Å². The smallest absolute Gasteiger partial charge is 0.347 e. The highest BCUT2D eigenvalue weighted by atomic mass is 16.5. The molecular weight excluding hydrogens is 394 g/mol. The normalized spacial score (nSPS) is 10.7. The quantitative estimate of drug-likeness (QED) is 0.461. The molecule has 0 atom stereocenters. The second-order valence-electron chi connectivity index (χ2n) is 6.92. The second kappa shape index (κ2) is 8.75. The predicted octanol–water partition coefficient (Wildman–Crippen LogP) is 4.72. The number of rotatable bonds is 6. The van der Waals surface area contributed by atoms with E-state index in [0.717, 1.165) is 5.56 Å². The van der Waals surface area contributed by atoms with Gasteiger partial charge in [0.15, 0.2) is 5.56 Å². The average Bonchev–Trinajstić information content (AvgIpc) is 2.78. The Morgan fingerprint density at radius 3 is 2.29 bits per heavy atom. The maximum atomic E-state index is 13.3. The van der Waals surface area contributed by atoms with Gasteiger partial charge in [0.25, 0.3) is 5.56 Å². The molecule has 0 saturated heterocycles. The fourth-order valence-electron chi connectivity index (χ4n) is 3.41. The average molecular weight is 415 g/mol. The molecule has 0 unspecified atom stereocenters. The van der Waals surface area contributed by atoms with Gasteiger partial charge in [-0.2, -0.15) is 0 Å². The molecule has 0 radical (unpaired) electrons. The van der Waals surface area contributed by atoms with Crippen molar-refractivity contribution in [3.8, 4) is 17.2 Å². The summed E-state index contributed by atoms with van der Waals surface area (Å²) in [7, 11) is 0. The first kappa shape index (κ1) is 20.2. The van der Waals surface area contributed by atoms with Gasteiger partial charge in [-0.3, -0.25) is 4.79 Å². The Morgan fingerprint density at radius 2 is 1.61 bits per heavy atom. The van der Waals surface area contributed by atoms with E-state index in [1.165, 1.54) is 4.57 Å². The summed E-state index contributed by atoms with van der Waals surface area (Å²) in [6.45, 7) is 1.96. The van der Waals surface area contributed by atoms with Crippen LogP contribution in [0.5, 0.6) is 17.2 Å². The Bertz CT molecular complexity index is 1280. The van der Waals surface area contributed by atoms with Crippen LogP contribution in [0.3, 0.4) is 0 Å². The standard InChI is InChI=1S/C25H21NO5/c1-2-30-25(29)22-23(27)20-14-13-19(31-18-11-7-4-8-12-18)15-21(20)26(24(22)28)16-17-9-5-3-6-10-17/h3-15,27H,2,16H2,1H3. The van der Waals surface area contributed by atoms with Crippen LogP contribution in [0.25, 0.3) is 10.9 Å². The van der Waals surface area contributed by atoms with Gasteiger partial charge >= 0.3 is 5.97 Å². The molecule has 6 nitrogen and oxygen atoms in total. The Morgan fingerprint density at radius 1 is 0.935 bits per heavy atom. The fraction of sp³-hybridized carbons (Fsp3) is 0.120. The first-order chi connectivity index (χ1) is 15.1. The summed E-state index contributed by atoms with van der Waals surface area (Å²) in [5.41, 5.74) is 0.333. The number of carbonyl (C=O) groups excluding carboxylic acids is 1. The van der Waals surface area contributed by atoms with Gasteiger partial charge in [-0.1, -0.05) is 48.5 Å². The molecule has 31 heavy (non-hydrogen) atoms. The van der Waals surface area contributed by atoms with E-state index in [0.29, 0.717) is 22.4 Å². The van der Waals surface area contributed by atoms with E-state index in [1.807, 2.05) is 60.7 Å². The van der Waals surface area contributed by atoms with Gasteiger partial charge in [0, 0.05) is 11.5 Å². The number of aromatic nitrogens is 1. The number of carbonyl (C=O) groups is 1. The largest absolute Gasteiger partial charge is 0.506 e. The number of benzene rings is 3. The van der Waals surface area contributed by atoms with Gasteiger partial charge in [-0.25, -0.2) is 4.79 Å². The van der Waals surface area contributed by atoms with E-state index in [2.05, 4.69) is 0 Å². The number of aromatic hydroxyl groups is 1. The first-order valence-corrected chi connectivity index (χ1v) is 9.92. The van der Waals surface area contributed by atoms with Gasteiger partial charge in [-0.15, -0.1) is 0 Å². The molecule has 1 aromatic heterocycles. The maximum Gasteiger partial charge on any atom is 0.347 e. The number of ether oxygens (including phenoxy) is 2. The highest BCUT2D eigenvalue weighted by molar-refractivity contribution is 5.99. The molecule has 4 rings (SSSR count). The van der Waals surface area contributed by atoms with Crippen molar-refractivity contribution >= 4 is 16.9 Å². The van der Waals surface area contributed by atoms with E-state index in [9.17, 15) is 14.7 Å². The molecule has 0 saturated carbocycles. The Labute approximate surface area is 178 Å². The maximum absolute atomic E-state index is 13.3. The highest BCUT2D eigenvalue weighted by Gasteiger charge is 2.23. The van der Waals surface area contributed by atoms with Crippen molar-refractivity contribution in [2.24, 2.45) is 0 Å². The highest BCUT2D eigenvalue weighted by Crippen LogP contribution is 2.32. The minimum Gasteiger partial charge on any atom is -0.506 e. The van der Waals surface area contributed by atoms with Crippen molar-refractivity contribution < 1.29 is 19.4 Å². The molecule has 6 heteroatoms. The van der Waals surface area contributed by atoms with Gasteiger partial charge in [0.2, 0.25) is 0 Å². The summed E-state index contributed by atoms with van der Waals surface area (Å²) in [4.78, 5) is 25.7. The second-order valence-corrected chi connectivity index (χ2v) is 6.92. The molecule has 0 aliphatic carbocycles. The molecule has 0 aliphatic heterocycles.